The predicted molar refractivity (Wildman–Crippen MR) is 79.3 cm³/mol. The Morgan fingerprint density at radius 2 is 1.75 bits per heavy atom. The minimum absolute atomic E-state index is 0.521. The van der Waals surface area contributed by atoms with Gasteiger partial charge in [0.15, 0.2) is 0 Å². The quantitative estimate of drug-likeness (QED) is 0.876. The van der Waals surface area contributed by atoms with Crippen LogP contribution < -0.4 is 9.47 Å². The van der Waals surface area contributed by atoms with Crippen molar-refractivity contribution in [1.82, 2.24) is 0 Å². The van der Waals surface area contributed by atoms with Crippen LogP contribution in [0, 0.1) is 0 Å². The van der Waals surface area contributed by atoms with Gasteiger partial charge in [-0.3, -0.25) is 0 Å². The summed E-state index contributed by atoms with van der Waals surface area (Å²) >= 11 is 0. The van der Waals surface area contributed by atoms with Crippen LogP contribution in [0.1, 0.15) is 24.2 Å². The van der Waals surface area contributed by atoms with Crippen LogP contribution in [0.5, 0.6) is 11.5 Å². The van der Waals surface area contributed by atoms with Gasteiger partial charge in [0.25, 0.3) is 0 Å². The van der Waals surface area contributed by atoms with E-state index >= 15 is 0 Å². The number of hydrogen-bond acceptors (Lipinski definition) is 3. The van der Waals surface area contributed by atoms with Gasteiger partial charge in [0.1, 0.15) is 11.5 Å². The molecule has 0 heterocycles. The Bertz CT molecular complexity index is 532. The Kier molecular flexibility index (Phi) is 5.02. The molecule has 0 radical (unpaired) electrons. The standard InChI is InChI=1S/C17H20O3/c1-13(18)16-5-3-4-6-17(16)20-12-11-14-7-9-15(19-2)10-8-14/h3-10,13,18H,11-12H2,1-2H3. The van der Waals surface area contributed by atoms with E-state index < -0.39 is 6.10 Å². The van der Waals surface area contributed by atoms with Crippen LogP contribution in [0.25, 0.3) is 0 Å². The molecule has 2 rings (SSSR count). The number of ether oxygens (including phenoxy) is 2. The summed E-state index contributed by atoms with van der Waals surface area (Å²) in [6, 6.07) is 15.5. The average molecular weight is 272 g/mol. The van der Waals surface area contributed by atoms with Crippen molar-refractivity contribution in [2.45, 2.75) is 19.4 Å². The van der Waals surface area contributed by atoms with Gasteiger partial charge in [0.05, 0.1) is 19.8 Å². The molecule has 20 heavy (non-hydrogen) atoms. The second kappa shape index (κ2) is 6.96. The van der Waals surface area contributed by atoms with E-state index in [2.05, 4.69) is 0 Å². The van der Waals surface area contributed by atoms with Crippen LogP contribution in [0.4, 0.5) is 0 Å². The maximum absolute atomic E-state index is 9.68. The van der Waals surface area contributed by atoms with Crippen molar-refractivity contribution in [1.29, 1.82) is 0 Å². The maximum atomic E-state index is 9.68. The Hall–Kier alpha value is -2.00. The fourth-order valence-electron chi connectivity index (χ4n) is 2.03. The molecule has 1 atom stereocenters. The number of aliphatic hydroxyl groups is 1. The summed E-state index contributed by atoms with van der Waals surface area (Å²) in [6.45, 7) is 2.32. The number of hydrogen-bond donors (Lipinski definition) is 1. The summed E-state index contributed by atoms with van der Waals surface area (Å²) in [5.74, 6) is 1.60. The molecule has 0 saturated carbocycles. The zero-order valence-electron chi connectivity index (χ0n) is 11.9. The predicted octanol–water partition coefficient (Wildman–Crippen LogP) is 3.37. The minimum atomic E-state index is -0.521. The lowest BCUT2D eigenvalue weighted by atomic mass is 10.1. The molecule has 0 spiro atoms. The van der Waals surface area contributed by atoms with Gasteiger partial charge in [-0.2, -0.15) is 0 Å². The molecule has 0 aromatic heterocycles. The third kappa shape index (κ3) is 3.75. The Morgan fingerprint density at radius 1 is 1.05 bits per heavy atom. The molecular weight excluding hydrogens is 252 g/mol. The topological polar surface area (TPSA) is 38.7 Å². The van der Waals surface area contributed by atoms with Gasteiger partial charge in [0, 0.05) is 12.0 Å². The second-order valence-electron chi connectivity index (χ2n) is 4.66. The maximum Gasteiger partial charge on any atom is 0.125 e. The third-order valence-corrected chi connectivity index (χ3v) is 3.18. The van der Waals surface area contributed by atoms with E-state index in [1.54, 1.807) is 14.0 Å². The molecule has 0 fully saturated rings. The molecule has 1 unspecified atom stereocenters. The summed E-state index contributed by atoms with van der Waals surface area (Å²) in [5.41, 5.74) is 2.02. The molecule has 3 nitrogen and oxygen atoms in total. The van der Waals surface area contributed by atoms with E-state index in [1.165, 1.54) is 5.56 Å². The molecule has 0 aliphatic carbocycles. The average Bonchev–Trinajstić information content (AvgIpc) is 2.48. The number of benzene rings is 2. The fourth-order valence-corrected chi connectivity index (χ4v) is 2.03. The number of rotatable bonds is 6. The van der Waals surface area contributed by atoms with E-state index in [0.29, 0.717) is 6.61 Å². The zero-order valence-corrected chi connectivity index (χ0v) is 11.9. The van der Waals surface area contributed by atoms with Crippen LogP contribution in [-0.4, -0.2) is 18.8 Å². The van der Waals surface area contributed by atoms with Crippen molar-refractivity contribution in [2.24, 2.45) is 0 Å². The first-order chi connectivity index (χ1) is 9.70. The van der Waals surface area contributed by atoms with Crippen molar-refractivity contribution in [2.75, 3.05) is 13.7 Å². The molecule has 2 aromatic carbocycles. The first-order valence-corrected chi connectivity index (χ1v) is 6.73. The van der Waals surface area contributed by atoms with Crippen LogP contribution in [0.3, 0.4) is 0 Å². The van der Waals surface area contributed by atoms with Crippen LogP contribution in [0.2, 0.25) is 0 Å². The largest absolute Gasteiger partial charge is 0.497 e. The van der Waals surface area contributed by atoms with Crippen molar-refractivity contribution in [3.8, 4) is 11.5 Å². The molecule has 0 aliphatic heterocycles. The van der Waals surface area contributed by atoms with Crippen molar-refractivity contribution in [3.63, 3.8) is 0 Å². The van der Waals surface area contributed by atoms with Gasteiger partial charge >= 0.3 is 0 Å². The van der Waals surface area contributed by atoms with Crippen LogP contribution in [-0.2, 0) is 6.42 Å². The highest BCUT2D eigenvalue weighted by molar-refractivity contribution is 5.35. The van der Waals surface area contributed by atoms with Crippen molar-refractivity contribution >= 4 is 0 Å². The molecule has 0 bridgehead atoms. The zero-order chi connectivity index (χ0) is 14.4. The summed E-state index contributed by atoms with van der Waals surface area (Å²) in [5, 5.41) is 9.68. The second-order valence-corrected chi connectivity index (χ2v) is 4.66. The van der Waals surface area contributed by atoms with Gasteiger partial charge < -0.3 is 14.6 Å². The van der Waals surface area contributed by atoms with Gasteiger partial charge in [-0.1, -0.05) is 30.3 Å². The highest BCUT2D eigenvalue weighted by Crippen LogP contribution is 2.24. The van der Waals surface area contributed by atoms with Gasteiger partial charge in [0.2, 0.25) is 0 Å². The molecule has 0 saturated heterocycles. The lowest BCUT2D eigenvalue weighted by Gasteiger charge is -2.13. The fraction of sp³-hybridized carbons (Fsp3) is 0.294. The lowest BCUT2D eigenvalue weighted by molar-refractivity contribution is 0.191. The Morgan fingerprint density at radius 3 is 2.40 bits per heavy atom. The SMILES string of the molecule is COc1ccc(CCOc2ccccc2C(C)O)cc1. The van der Waals surface area contributed by atoms with Crippen LogP contribution >= 0.6 is 0 Å². The van der Waals surface area contributed by atoms with Crippen LogP contribution in [0.15, 0.2) is 48.5 Å². The van der Waals surface area contributed by atoms with E-state index in [0.717, 1.165) is 23.5 Å². The molecular formula is C17H20O3. The molecule has 2 aromatic rings. The highest BCUT2D eigenvalue weighted by Gasteiger charge is 2.07. The van der Waals surface area contributed by atoms with Crippen molar-refractivity contribution < 1.29 is 14.6 Å². The first-order valence-electron chi connectivity index (χ1n) is 6.73. The lowest BCUT2D eigenvalue weighted by Crippen LogP contribution is -2.04. The number of methoxy groups -OCH3 is 1. The molecule has 3 heteroatoms. The summed E-state index contributed by atoms with van der Waals surface area (Å²) < 4.78 is 10.9. The van der Waals surface area contributed by atoms with Gasteiger partial charge in [-0.05, 0) is 30.7 Å². The molecule has 0 aliphatic rings. The summed E-state index contributed by atoms with van der Waals surface area (Å²) in [7, 11) is 1.66. The Labute approximate surface area is 119 Å². The smallest absolute Gasteiger partial charge is 0.125 e. The minimum Gasteiger partial charge on any atom is -0.497 e. The van der Waals surface area contributed by atoms with E-state index in [-0.39, 0.29) is 0 Å². The van der Waals surface area contributed by atoms with E-state index in [9.17, 15) is 5.11 Å². The van der Waals surface area contributed by atoms with Gasteiger partial charge in [-0.25, -0.2) is 0 Å². The summed E-state index contributed by atoms with van der Waals surface area (Å²) in [4.78, 5) is 0. The molecule has 0 amide bonds. The first kappa shape index (κ1) is 14.4. The number of aliphatic hydroxyl groups excluding tert-OH is 1. The van der Waals surface area contributed by atoms with E-state index in [4.69, 9.17) is 9.47 Å². The molecule has 1 N–H and O–H groups in total. The number of para-hydroxylation sites is 1. The Balaban J connectivity index is 1.92. The normalized spacial score (nSPS) is 11.9. The molecule has 106 valence electrons. The monoisotopic (exact) mass is 272 g/mol. The highest BCUT2D eigenvalue weighted by atomic mass is 16.5. The van der Waals surface area contributed by atoms with Gasteiger partial charge in [-0.15, -0.1) is 0 Å². The third-order valence-electron chi connectivity index (χ3n) is 3.18. The summed E-state index contributed by atoms with van der Waals surface area (Å²) in [6.07, 6.45) is 0.296. The van der Waals surface area contributed by atoms with Crippen molar-refractivity contribution in [3.05, 3.63) is 59.7 Å². The van der Waals surface area contributed by atoms with E-state index in [1.807, 2.05) is 48.5 Å².